The molecule has 1 aliphatic rings. The van der Waals surface area contributed by atoms with E-state index >= 15 is 0 Å². The molecule has 0 radical (unpaired) electrons. The van der Waals surface area contributed by atoms with Crippen molar-refractivity contribution in [3.63, 3.8) is 0 Å². The van der Waals surface area contributed by atoms with Crippen molar-refractivity contribution in [2.45, 2.75) is 6.61 Å². The highest BCUT2D eigenvalue weighted by Crippen LogP contribution is 2.28. The fraction of sp³-hybridized carbons (Fsp3) is 0.400. The standard InChI is InChI=1S/C15H17FN6O2/c1-20-13(9-23)17-14-10(21-4-6-24-7-5-21)8-12(18-15(14)20)22-3-2-11(16)19-22/h2-3,8,23H,4-7,9H2,1H3. The number of imidazole rings is 1. The molecule has 3 aromatic heterocycles. The molecule has 1 N–H and O–H groups in total. The van der Waals surface area contributed by atoms with E-state index in [1.807, 2.05) is 6.07 Å². The summed E-state index contributed by atoms with van der Waals surface area (Å²) >= 11 is 0. The molecular formula is C15H17FN6O2. The van der Waals surface area contributed by atoms with Gasteiger partial charge in [-0.1, -0.05) is 0 Å². The Hall–Kier alpha value is -2.52. The highest BCUT2D eigenvalue weighted by Gasteiger charge is 2.21. The lowest BCUT2D eigenvalue weighted by molar-refractivity contribution is 0.123. The fourth-order valence-corrected chi connectivity index (χ4v) is 2.90. The van der Waals surface area contributed by atoms with Gasteiger partial charge in [0.1, 0.15) is 17.9 Å². The Morgan fingerprint density at radius 2 is 2.08 bits per heavy atom. The average Bonchev–Trinajstić information content (AvgIpc) is 3.18. The number of halogens is 1. The molecule has 0 aliphatic carbocycles. The third-order valence-electron chi connectivity index (χ3n) is 4.17. The summed E-state index contributed by atoms with van der Waals surface area (Å²) in [5.74, 6) is 0.460. The molecule has 1 saturated heterocycles. The Labute approximate surface area is 137 Å². The fourth-order valence-electron chi connectivity index (χ4n) is 2.90. The molecule has 8 nitrogen and oxygen atoms in total. The maximum absolute atomic E-state index is 13.3. The number of nitrogens with zero attached hydrogens (tertiary/aromatic N) is 6. The van der Waals surface area contributed by atoms with Crippen molar-refractivity contribution in [3.05, 3.63) is 30.1 Å². The number of morpholine rings is 1. The Morgan fingerprint density at radius 1 is 1.29 bits per heavy atom. The molecule has 0 atom stereocenters. The predicted octanol–water partition coefficient (Wildman–Crippen LogP) is 0.622. The summed E-state index contributed by atoms with van der Waals surface area (Å²) in [6.07, 6.45) is 1.52. The van der Waals surface area contributed by atoms with Crippen LogP contribution in [0.2, 0.25) is 0 Å². The van der Waals surface area contributed by atoms with Crippen LogP contribution >= 0.6 is 0 Å². The number of aromatic nitrogens is 5. The molecular weight excluding hydrogens is 315 g/mol. The van der Waals surface area contributed by atoms with E-state index in [1.165, 1.54) is 16.9 Å². The number of anilines is 1. The van der Waals surface area contributed by atoms with Crippen molar-refractivity contribution < 1.29 is 14.2 Å². The first-order chi connectivity index (χ1) is 11.7. The largest absolute Gasteiger partial charge is 0.388 e. The number of hydrogen-bond donors (Lipinski definition) is 1. The van der Waals surface area contributed by atoms with E-state index in [2.05, 4.69) is 20.0 Å². The molecule has 4 rings (SSSR count). The van der Waals surface area contributed by atoms with Crippen molar-refractivity contribution in [2.24, 2.45) is 7.05 Å². The molecule has 0 aromatic carbocycles. The number of aryl methyl sites for hydroxylation is 1. The van der Waals surface area contributed by atoms with Gasteiger partial charge in [-0.05, 0) is 0 Å². The van der Waals surface area contributed by atoms with Crippen molar-refractivity contribution in [1.29, 1.82) is 0 Å². The number of aliphatic hydroxyl groups is 1. The van der Waals surface area contributed by atoms with Crippen LogP contribution < -0.4 is 4.90 Å². The summed E-state index contributed by atoms with van der Waals surface area (Å²) in [6, 6.07) is 3.12. The number of pyridine rings is 1. The maximum atomic E-state index is 13.3. The van der Waals surface area contributed by atoms with Crippen LogP contribution in [0.5, 0.6) is 0 Å². The van der Waals surface area contributed by atoms with Crippen LogP contribution in [0.1, 0.15) is 5.82 Å². The number of aliphatic hydroxyl groups excluding tert-OH is 1. The number of ether oxygens (including phenoxy) is 1. The van der Waals surface area contributed by atoms with Gasteiger partial charge in [-0.25, -0.2) is 14.6 Å². The molecule has 1 fully saturated rings. The minimum atomic E-state index is -0.564. The second kappa shape index (κ2) is 5.84. The van der Waals surface area contributed by atoms with E-state index in [9.17, 15) is 9.50 Å². The molecule has 0 unspecified atom stereocenters. The lowest BCUT2D eigenvalue weighted by atomic mass is 10.2. The normalized spacial score (nSPS) is 15.4. The summed E-state index contributed by atoms with van der Waals surface area (Å²) in [5.41, 5.74) is 2.21. The predicted molar refractivity (Wildman–Crippen MR) is 84.5 cm³/mol. The minimum Gasteiger partial charge on any atom is -0.388 e. The summed E-state index contributed by atoms with van der Waals surface area (Å²) < 4.78 is 21.8. The molecule has 0 amide bonds. The van der Waals surface area contributed by atoms with E-state index in [4.69, 9.17) is 4.74 Å². The van der Waals surface area contributed by atoms with Crippen LogP contribution in [0.15, 0.2) is 18.3 Å². The SMILES string of the molecule is Cn1c(CO)nc2c(N3CCOCC3)cc(-n3ccc(F)n3)nc21. The van der Waals surface area contributed by atoms with Crippen LogP contribution in [-0.4, -0.2) is 55.7 Å². The quantitative estimate of drug-likeness (QED) is 0.757. The van der Waals surface area contributed by atoms with Gasteiger partial charge in [0.05, 0.1) is 18.9 Å². The minimum absolute atomic E-state index is 0.179. The van der Waals surface area contributed by atoms with Crippen molar-refractivity contribution >= 4 is 16.9 Å². The molecule has 126 valence electrons. The summed E-state index contributed by atoms with van der Waals surface area (Å²) in [4.78, 5) is 11.2. The second-order valence-electron chi connectivity index (χ2n) is 5.60. The van der Waals surface area contributed by atoms with Gasteiger partial charge in [0.15, 0.2) is 11.5 Å². The Balaban J connectivity index is 1.93. The summed E-state index contributed by atoms with van der Waals surface area (Å²) in [5, 5.41) is 13.3. The summed E-state index contributed by atoms with van der Waals surface area (Å²) in [6.45, 7) is 2.56. The van der Waals surface area contributed by atoms with Crippen LogP contribution in [0, 0.1) is 5.95 Å². The van der Waals surface area contributed by atoms with Gasteiger partial charge in [0.2, 0.25) is 5.95 Å². The first kappa shape index (κ1) is 15.0. The van der Waals surface area contributed by atoms with Crippen LogP contribution in [0.4, 0.5) is 10.1 Å². The van der Waals surface area contributed by atoms with E-state index in [0.717, 1.165) is 18.8 Å². The second-order valence-corrected chi connectivity index (χ2v) is 5.60. The number of fused-ring (bicyclic) bond motifs is 1. The zero-order chi connectivity index (χ0) is 16.7. The smallest absolute Gasteiger partial charge is 0.233 e. The van der Waals surface area contributed by atoms with E-state index in [1.54, 1.807) is 11.6 Å². The van der Waals surface area contributed by atoms with Gasteiger partial charge >= 0.3 is 0 Å². The molecule has 0 spiro atoms. The van der Waals surface area contributed by atoms with E-state index in [0.29, 0.717) is 36.0 Å². The third-order valence-corrected chi connectivity index (χ3v) is 4.17. The maximum Gasteiger partial charge on any atom is 0.233 e. The van der Waals surface area contributed by atoms with Crippen LogP contribution in [0.25, 0.3) is 17.0 Å². The molecule has 24 heavy (non-hydrogen) atoms. The Kier molecular flexibility index (Phi) is 3.66. The molecule has 4 heterocycles. The monoisotopic (exact) mass is 332 g/mol. The zero-order valence-electron chi connectivity index (χ0n) is 13.2. The van der Waals surface area contributed by atoms with Crippen molar-refractivity contribution in [3.8, 4) is 5.82 Å². The molecule has 0 bridgehead atoms. The molecule has 0 saturated carbocycles. The molecule has 1 aliphatic heterocycles. The lowest BCUT2D eigenvalue weighted by Crippen LogP contribution is -2.36. The Bertz CT molecular complexity index is 884. The first-order valence-corrected chi connectivity index (χ1v) is 7.69. The van der Waals surface area contributed by atoms with Crippen LogP contribution in [-0.2, 0) is 18.4 Å². The lowest BCUT2D eigenvalue weighted by Gasteiger charge is -2.29. The zero-order valence-corrected chi connectivity index (χ0v) is 13.2. The van der Waals surface area contributed by atoms with E-state index < -0.39 is 5.95 Å². The molecule has 3 aromatic rings. The van der Waals surface area contributed by atoms with Gasteiger partial charge in [-0.2, -0.15) is 4.39 Å². The van der Waals surface area contributed by atoms with Crippen molar-refractivity contribution in [1.82, 2.24) is 24.3 Å². The van der Waals surface area contributed by atoms with Gasteiger partial charge < -0.3 is 19.3 Å². The third kappa shape index (κ3) is 2.42. The number of hydrogen-bond acceptors (Lipinski definition) is 6. The topological polar surface area (TPSA) is 81.2 Å². The summed E-state index contributed by atoms with van der Waals surface area (Å²) in [7, 11) is 1.80. The van der Waals surface area contributed by atoms with Gasteiger partial charge in [-0.3, -0.25) is 0 Å². The molecule has 9 heteroatoms. The highest BCUT2D eigenvalue weighted by atomic mass is 19.1. The van der Waals surface area contributed by atoms with Gasteiger partial charge in [0, 0.05) is 38.5 Å². The van der Waals surface area contributed by atoms with Gasteiger partial charge in [-0.15, -0.1) is 5.10 Å². The van der Waals surface area contributed by atoms with E-state index in [-0.39, 0.29) is 6.61 Å². The highest BCUT2D eigenvalue weighted by molar-refractivity contribution is 5.88. The Morgan fingerprint density at radius 3 is 2.75 bits per heavy atom. The average molecular weight is 332 g/mol. The van der Waals surface area contributed by atoms with Crippen molar-refractivity contribution in [2.75, 3.05) is 31.2 Å². The number of rotatable bonds is 3. The van der Waals surface area contributed by atoms with Crippen LogP contribution in [0.3, 0.4) is 0 Å². The first-order valence-electron chi connectivity index (χ1n) is 7.69. The van der Waals surface area contributed by atoms with Gasteiger partial charge in [0.25, 0.3) is 0 Å².